The number of likely N-dealkylation sites (tertiary alicyclic amines) is 1. The topological polar surface area (TPSA) is 46.3 Å². The van der Waals surface area contributed by atoms with Crippen molar-refractivity contribution in [1.82, 2.24) is 4.90 Å². The number of carbonyl (C=O) groups excluding carboxylic acids is 1. The van der Waals surface area contributed by atoms with Gasteiger partial charge in [-0.15, -0.1) is 12.4 Å². The van der Waals surface area contributed by atoms with Gasteiger partial charge in [-0.2, -0.15) is 0 Å². The van der Waals surface area contributed by atoms with Gasteiger partial charge in [0.05, 0.1) is 0 Å². The van der Waals surface area contributed by atoms with E-state index in [1.807, 2.05) is 35.2 Å². The fourth-order valence-corrected chi connectivity index (χ4v) is 3.11. The van der Waals surface area contributed by atoms with Gasteiger partial charge in [0.1, 0.15) is 0 Å². The minimum Gasteiger partial charge on any atom is -0.342 e. The number of amides is 1. The van der Waals surface area contributed by atoms with Gasteiger partial charge in [0, 0.05) is 25.6 Å². The molecule has 0 spiro atoms. The molecule has 1 aromatic carbocycles. The molecule has 1 aromatic rings. The Balaban J connectivity index is 0.00000220. The number of benzene rings is 1. The van der Waals surface area contributed by atoms with Crippen molar-refractivity contribution < 1.29 is 4.79 Å². The number of nitrogens with two attached hydrogens (primary N) is 1. The highest BCUT2D eigenvalue weighted by Gasteiger charge is 2.37. The second-order valence-electron chi connectivity index (χ2n) is 5.99. The van der Waals surface area contributed by atoms with E-state index in [1.54, 1.807) is 0 Å². The van der Waals surface area contributed by atoms with Crippen LogP contribution in [0.2, 0.25) is 0 Å². The Labute approximate surface area is 134 Å². The van der Waals surface area contributed by atoms with Gasteiger partial charge < -0.3 is 10.6 Å². The maximum absolute atomic E-state index is 12.4. The Morgan fingerprint density at radius 2 is 1.90 bits per heavy atom. The van der Waals surface area contributed by atoms with Crippen LogP contribution in [0, 0.1) is 5.41 Å². The van der Waals surface area contributed by atoms with Crippen molar-refractivity contribution in [2.45, 2.75) is 45.6 Å². The first-order valence-electron chi connectivity index (χ1n) is 7.68. The van der Waals surface area contributed by atoms with E-state index in [0.717, 1.165) is 37.9 Å². The van der Waals surface area contributed by atoms with Crippen molar-refractivity contribution in [3.63, 3.8) is 0 Å². The molecule has 1 aliphatic rings. The molecule has 0 aromatic heterocycles. The number of rotatable bonds is 5. The van der Waals surface area contributed by atoms with Crippen molar-refractivity contribution in [2.24, 2.45) is 11.1 Å². The van der Waals surface area contributed by atoms with Crippen molar-refractivity contribution in [2.75, 3.05) is 13.1 Å². The van der Waals surface area contributed by atoms with Crippen LogP contribution in [-0.2, 0) is 4.79 Å². The summed E-state index contributed by atoms with van der Waals surface area (Å²) in [5.74, 6) is 0.199. The zero-order valence-electron chi connectivity index (χ0n) is 13.0. The van der Waals surface area contributed by atoms with Crippen LogP contribution in [0.4, 0.5) is 0 Å². The molecule has 2 N–H and O–H groups in total. The first kappa shape index (κ1) is 18.0. The summed E-state index contributed by atoms with van der Waals surface area (Å²) in [7, 11) is 0. The summed E-state index contributed by atoms with van der Waals surface area (Å²) in [5.41, 5.74) is 7.53. The first-order valence-corrected chi connectivity index (χ1v) is 7.68. The second kappa shape index (κ2) is 7.81. The maximum atomic E-state index is 12.4. The smallest absolute Gasteiger partial charge is 0.224 e. The summed E-state index contributed by atoms with van der Waals surface area (Å²) in [6.45, 7) is 6.25. The Morgan fingerprint density at radius 1 is 1.29 bits per heavy atom. The fraction of sp³-hybridized carbons (Fsp3) is 0.588. The minimum absolute atomic E-state index is 0. The molecule has 1 saturated heterocycles. The predicted molar refractivity (Wildman–Crippen MR) is 89.4 cm³/mol. The van der Waals surface area contributed by atoms with Crippen molar-refractivity contribution in [3.8, 4) is 0 Å². The average Bonchev–Trinajstić information content (AvgIpc) is 2.93. The van der Waals surface area contributed by atoms with E-state index in [1.165, 1.54) is 0 Å². The summed E-state index contributed by atoms with van der Waals surface area (Å²) in [5, 5.41) is 0. The lowest BCUT2D eigenvalue weighted by atomic mass is 9.82. The quantitative estimate of drug-likeness (QED) is 0.904. The predicted octanol–water partition coefficient (Wildman–Crippen LogP) is 3.54. The molecule has 1 atom stereocenters. The highest BCUT2D eigenvalue weighted by molar-refractivity contribution is 5.85. The maximum Gasteiger partial charge on any atom is 0.224 e. The SMILES string of the molecule is CCC1(CC)CCN(C(=O)CC(N)c2ccccc2)C1.Cl. The molecule has 1 fully saturated rings. The highest BCUT2D eigenvalue weighted by Crippen LogP contribution is 2.37. The van der Waals surface area contributed by atoms with Crippen LogP contribution < -0.4 is 5.73 Å². The van der Waals surface area contributed by atoms with Gasteiger partial charge in [0.2, 0.25) is 5.91 Å². The molecule has 0 aliphatic carbocycles. The van der Waals surface area contributed by atoms with Crippen LogP contribution in [0.1, 0.15) is 51.1 Å². The van der Waals surface area contributed by atoms with Crippen LogP contribution in [-0.4, -0.2) is 23.9 Å². The molecule has 2 rings (SSSR count). The molecule has 1 unspecified atom stereocenters. The van der Waals surface area contributed by atoms with Gasteiger partial charge in [0.25, 0.3) is 0 Å². The molecule has 0 radical (unpaired) electrons. The molecule has 0 saturated carbocycles. The summed E-state index contributed by atoms with van der Waals surface area (Å²) in [6, 6.07) is 9.69. The molecule has 1 aliphatic heterocycles. The number of nitrogens with zero attached hydrogens (tertiary/aromatic N) is 1. The van der Waals surface area contributed by atoms with Crippen LogP contribution in [0.25, 0.3) is 0 Å². The van der Waals surface area contributed by atoms with Crippen molar-refractivity contribution in [1.29, 1.82) is 0 Å². The molecular weight excluding hydrogens is 284 g/mol. The minimum atomic E-state index is -0.193. The molecule has 21 heavy (non-hydrogen) atoms. The molecule has 1 amide bonds. The Kier molecular flexibility index (Phi) is 6.69. The molecule has 3 nitrogen and oxygen atoms in total. The van der Waals surface area contributed by atoms with E-state index < -0.39 is 0 Å². The molecule has 4 heteroatoms. The van der Waals surface area contributed by atoms with Crippen LogP contribution in [0.15, 0.2) is 30.3 Å². The lowest BCUT2D eigenvalue weighted by molar-refractivity contribution is -0.131. The lowest BCUT2D eigenvalue weighted by Gasteiger charge is -2.26. The number of hydrogen-bond acceptors (Lipinski definition) is 2. The Bertz CT molecular complexity index is 445. The molecule has 118 valence electrons. The number of halogens is 1. The highest BCUT2D eigenvalue weighted by atomic mass is 35.5. The van der Waals surface area contributed by atoms with Crippen LogP contribution in [0.5, 0.6) is 0 Å². The second-order valence-corrected chi connectivity index (χ2v) is 5.99. The summed E-state index contributed by atoms with van der Waals surface area (Å²) < 4.78 is 0. The van der Waals surface area contributed by atoms with E-state index in [9.17, 15) is 4.79 Å². The number of hydrogen-bond donors (Lipinski definition) is 1. The van der Waals surface area contributed by atoms with Crippen LogP contribution >= 0.6 is 12.4 Å². The van der Waals surface area contributed by atoms with E-state index in [0.29, 0.717) is 11.8 Å². The number of carbonyl (C=O) groups is 1. The van der Waals surface area contributed by atoms with E-state index in [2.05, 4.69) is 13.8 Å². The van der Waals surface area contributed by atoms with Crippen molar-refractivity contribution in [3.05, 3.63) is 35.9 Å². The van der Waals surface area contributed by atoms with Gasteiger partial charge in [-0.25, -0.2) is 0 Å². The largest absolute Gasteiger partial charge is 0.342 e. The summed E-state index contributed by atoms with van der Waals surface area (Å²) >= 11 is 0. The van der Waals surface area contributed by atoms with Gasteiger partial charge >= 0.3 is 0 Å². The molecule has 0 bridgehead atoms. The van der Waals surface area contributed by atoms with Crippen molar-refractivity contribution >= 4 is 18.3 Å². The monoisotopic (exact) mass is 310 g/mol. The normalized spacial score (nSPS) is 18.1. The Hall–Kier alpha value is -1.06. The summed E-state index contributed by atoms with van der Waals surface area (Å²) in [4.78, 5) is 14.4. The third-order valence-electron chi connectivity index (χ3n) is 4.91. The van der Waals surface area contributed by atoms with Crippen LogP contribution in [0.3, 0.4) is 0 Å². The standard InChI is InChI=1S/C17H26N2O.ClH/c1-3-17(4-2)10-11-19(13-17)16(20)12-15(18)14-8-6-5-7-9-14;/h5-9,15H,3-4,10-13,18H2,1-2H3;1H. The average molecular weight is 311 g/mol. The van der Waals surface area contributed by atoms with E-state index >= 15 is 0 Å². The third-order valence-corrected chi connectivity index (χ3v) is 4.91. The van der Waals surface area contributed by atoms with Gasteiger partial charge in [-0.3, -0.25) is 4.79 Å². The summed E-state index contributed by atoms with van der Waals surface area (Å²) in [6.07, 6.45) is 3.84. The molecular formula is C17H27ClN2O. The Morgan fingerprint density at radius 3 is 2.43 bits per heavy atom. The van der Waals surface area contributed by atoms with E-state index in [-0.39, 0.29) is 24.4 Å². The zero-order valence-corrected chi connectivity index (χ0v) is 13.9. The van der Waals surface area contributed by atoms with Gasteiger partial charge in [0.15, 0.2) is 0 Å². The third kappa shape index (κ3) is 4.21. The first-order chi connectivity index (χ1) is 9.60. The van der Waals surface area contributed by atoms with Gasteiger partial charge in [-0.05, 0) is 30.2 Å². The zero-order chi connectivity index (χ0) is 14.6. The van der Waals surface area contributed by atoms with E-state index in [4.69, 9.17) is 5.73 Å². The lowest BCUT2D eigenvalue weighted by Crippen LogP contribution is -2.33. The van der Waals surface area contributed by atoms with Gasteiger partial charge in [-0.1, -0.05) is 44.2 Å². The fourth-order valence-electron chi connectivity index (χ4n) is 3.11. The molecule has 1 heterocycles.